The molecule has 0 amide bonds. The van der Waals surface area contributed by atoms with Gasteiger partial charge in [0.1, 0.15) is 0 Å². The lowest BCUT2D eigenvalue weighted by molar-refractivity contribution is 0.385. The number of methoxy groups -OCH3 is 1. The van der Waals surface area contributed by atoms with Crippen LogP contribution >= 0.6 is 0 Å². The zero-order valence-electron chi connectivity index (χ0n) is 9.23. The van der Waals surface area contributed by atoms with E-state index >= 15 is 0 Å². The van der Waals surface area contributed by atoms with Gasteiger partial charge < -0.3 is 4.74 Å². The van der Waals surface area contributed by atoms with Crippen molar-refractivity contribution in [2.24, 2.45) is 0 Å². The molecule has 3 heteroatoms. The summed E-state index contributed by atoms with van der Waals surface area (Å²) in [6, 6.07) is 1.92. The molecule has 1 aromatic heterocycles. The van der Waals surface area contributed by atoms with Crippen LogP contribution in [-0.2, 0) is 6.42 Å². The molecule has 0 bridgehead atoms. The van der Waals surface area contributed by atoms with E-state index in [4.69, 9.17) is 4.74 Å². The van der Waals surface area contributed by atoms with Gasteiger partial charge in [-0.3, -0.25) is 0 Å². The molecule has 0 saturated carbocycles. The third kappa shape index (κ3) is 2.37. The summed E-state index contributed by atoms with van der Waals surface area (Å²) in [7, 11) is 1.63. The average Bonchev–Trinajstić information content (AvgIpc) is 2.68. The number of allylic oxidation sites excluding steroid dienone is 4. The summed E-state index contributed by atoms with van der Waals surface area (Å²) in [5, 5.41) is 4.39. The van der Waals surface area contributed by atoms with Gasteiger partial charge >= 0.3 is 0 Å². The molecule has 0 saturated heterocycles. The van der Waals surface area contributed by atoms with E-state index in [9.17, 15) is 0 Å². The highest BCUT2D eigenvalue weighted by molar-refractivity contribution is 5.59. The first-order valence-electron chi connectivity index (χ1n) is 4.85. The van der Waals surface area contributed by atoms with Crippen molar-refractivity contribution in [3.05, 3.63) is 43.1 Å². The van der Waals surface area contributed by atoms with Crippen LogP contribution in [0, 0.1) is 0 Å². The quantitative estimate of drug-likeness (QED) is 0.689. The number of aromatic nitrogens is 2. The topological polar surface area (TPSA) is 27.1 Å². The van der Waals surface area contributed by atoms with Gasteiger partial charge in [0.25, 0.3) is 0 Å². The van der Waals surface area contributed by atoms with E-state index in [2.05, 4.69) is 25.2 Å². The maximum absolute atomic E-state index is 5.23. The molecule has 1 rings (SSSR count). The second-order valence-electron chi connectivity index (χ2n) is 2.97. The minimum atomic E-state index is 0.708. The summed E-state index contributed by atoms with van der Waals surface area (Å²) in [6.07, 6.45) is 6.13. The summed E-state index contributed by atoms with van der Waals surface area (Å²) >= 11 is 0. The Hall–Kier alpha value is -1.77. The minimum absolute atomic E-state index is 0.708. The van der Waals surface area contributed by atoms with E-state index in [0.29, 0.717) is 5.88 Å². The number of nitrogens with zero attached hydrogens (tertiary/aromatic N) is 2. The molecule has 0 aliphatic rings. The molecule has 0 aliphatic heterocycles. The molecule has 0 unspecified atom stereocenters. The van der Waals surface area contributed by atoms with E-state index in [1.165, 1.54) is 0 Å². The Morgan fingerprint density at radius 1 is 1.60 bits per heavy atom. The fourth-order valence-corrected chi connectivity index (χ4v) is 1.26. The average molecular weight is 204 g/mol. The van der Waals surface area contributed by atoms with Gasteiger partial charge in [0.2, 0.25) is 5.88 Å². The van der Waals surface area contributed by atoms with E-state index in [1.54, 1.807) is 23.9 Å². The summed E-state index contributed by atoms with van der Waals surface area (Å²) in [5.41, 5.74) is 1.84. The number of hydrogen-bond acceptors (Lipinski definition) is 2. The molecule has 0 radical (unpaired) electrons. The molecule has 0 spiro atoms. The first kappa shape index (κ1) is 11.3. The molecule has 0 aromatic carbocycles. The van der Waals surface area contributed by atoms with Crippen LogP contribution in [-0.4, -0.2) is 16.9 Å². The maximum Gasteiger partial charge on any atom is 0.216 e. The Morgan fingerprint density at radius 2 is 2.33 bits per heavy atom. The minimum Gasteiger partial charge on any atom is -0.481 e. The highest BCUT2D eigenvalue weighted by Crippen LogP contribution is 2.19. The molecule has 15 heavy (non-hydrogen) atoms. The van der Waals surface area contributed by atoms with Gasteiger partial charge in [-0.15, -0.1) is 0 Å². The highest BCUT2D eigenvalue weighted by atomic mass is 16.5. The molecule has 3 nitrogen and oxygen atoms in total. The van der Waals surface area contributed by atoms with Gasteiger partial charge in [-0.1, -0.05) is 26.2 Å². The Bertz CT molecular complexity index is 388. The Morgan fingerprint density at radius 3 is 2.80 bits per heavy atom. The fourth-order valence-electron chi connectivity index (χ4n) is 1.26. The molecule has 80 valence electrons. The van der Waals surface area contributed by atoms with Crippen molar-refractivity contribution in [3.8, 4) is 5.88 Å². The highest BCUT2D eigenvalue weighted by Gasteiger charge is 2.08. The standard InChI is InChI=1S/C12H16N2O/c1-5-8-11(7-3)14-12(15-4)9-10(6-2)13-14/h5,7-9H,1,3,6H2,2,4H3/b11-8+. The number of rotatable bonds is 5. The number of aryl methyl sites for hydroxylation is 1. The smallest absolute Gasteiger partial charge is 0.216 e. The van der Waals surface area contributed by atoms with Crippen molar-refractivity contribution >= 4 is 5.70 Å². The second kappa shape index (κ2) is 5.20. The van der Waals surface area contributed by atoms with Crippen molar-refractivity contribution < 1.29 is 4.74 Å². The zero-order valence-corrected chi connectivity index (χ0v) is 9.23. The van der Waals surface area contributed by atoms with Crippen LogP contribution in [0.25, 0.3) is 5.70 Å². The van der Waals surface area contributed by atoms with E-state index < -0.39 is 0 Å². The predicted molar refractivity (Wildman–Crippen MR) is 62.8 cm³/mol. The van der Waals surface area contributed by atoms with Gasteiger partial charge in [0.15, 0.2) is 0 Å². The lowest BCUT2D eigenvalue weighted by Crippen LogP contribution is -2.00. The SMILES string of the molecule is C=C/C=C(\C=C)n1nc(CC)cc1OC. The molecule has 1 aromatic rings. The van der Waals surface area contributed by atoms with E-state index in [1.807, 2.05) is 12.1 Å². The molecule has 0 fully saturated rings. The fraction of sp³-hybridized carbons (Fsp3) is 0.250. The molecule has 0 aliphatic carbocycles. The zero-order chi connectivity index (χ0) is 11.3. The van der Waals surface area contributed by atoms with E-state index in [-0.39, 0.29) is 0 Å². The lowest BCUT2D eigenvalue weighted by Gasteiger charge is -2.05. The summed E-state index contributed by atoms with van der Waals surface area (Å²) in [5.74, 6) is 0.708. The van der Waals surface area contributed by atoms with Crippen molar-refractivity contribution in [2.75, 3.05) is 7.11 Å². The van der Waals surface area contributed by atoms with Crippen molar-refractivity contribution in [3.63, 3.8) is 0 Å². The van der Waals surface area contributed by atoms with Gasteiger partial charge in [-0.25, -0.2) is 4.68 Å². The molecular formula is C12H16N2O. The summed E-state index contributed by atoms with van der Waals surface area (Å²) in [4.78, 5) is 0. The summed E-state index contributed by atoms with van der Waals surface area (Å²) in [6.45, 7) is 9.44. The lowest BCUT2D eigenvalue weighted by atomic mass is 10.3. The van der Waals surface area contributed by atoms with Crippen LogP contribution in [0.4, 0.5) is 0 Å². The third-order valence-corrected chi connectivity index (χ3v) is 2.04. The maximum atomic E-state index is 5.23. The van der Waals surface area contributed by atoms with Crippen LogP contribution in [0.1, 0.15) is 12.6 Å². The van der Waals surface area contributed by atoms with Crippen molar-refractivity contribution in [1.29, 1.82) is 0 Å². The van der Waals surface area contributed by atoms with Gasteiger partial charge in [0.05, 0.1) is 18.5 Å². The first-order chi connectivity index (χ1) is 7.26. The third-order valence-electron chi connectivity index (χ3n) is 2.04. The Balaban J connectivity index is 3.20. The normalized spacial score (nSPS) is 11.2. The summed E-state index contributed by atoms with van der Waals surface area (Å²) < 4.78 is 6.95. The van der Waals surface area contributed by atoms with Crippen molar-refractivity contribution in [2.45, 2.75) is 13.3 Å². The van der Waals surface area contributed by atoms with Crippen LogP contribution < -0.4 is 4.74 Å². The molecular weight excluding hydrogens is 188 g/mol. The van der Waals surface area contributed by atoms with Crippen LogP contribution in [0.15, 0.2) is 37.5 Å². The molecule has 0 N–H and O–H groups in total. The largest absolute Gasteiger partial charge is 0.481 e. The number of hydrogen-bond donors (Lipinski definition) is 0. The predicted octanol–water partition coefficient (Wildman–Crippen LogP) is 2.67. The van der Waals surface area contributed by atoms with Crippen molar-refractivity contribution in [1.82, 2.24) is 9.78 Å². The van der Waals surface area contributed by atoms with Crippen LogP contribution in [0.5, 0.6) is 5.88 Å². The first-order valence-corrected chi connectivity index (χ1v) is 4.85. The van der Waals surface area contributed by atoms with Gasteiger partial charge in [0, 0.05) is 6.07 Å². The van der Waals surface area contributed by atoms with Gasteiger partial charge in [-0.05, 0) is 18.6 Å². The number of ether oxygens (including phenoxy) is 1. The molecule has 1 heterocycles. The monoisotopic (exact) mass is 204 g/mol. The Labute approximate surface area is 90.4 Å². The van der Waals surface area contributed by atoms with Crippen LogP contribution in [0.3, 0.4) is 0 Å². The van der Waals surface area contributed by atoms with Crippen LogP contribution in [0.2, 0.25) is 0 Å². The van der Waals surface area contributed by atoms with E-state index in [0.717, 1.165) is 17.8 Å². The Kier molecular flexibility index (Phi) is 3.92. The second-order valence-corrected chi connectivity index (χ2v) is 2.97. The molecule has 0 atom stereocenters. The van der Waals surface area contributed by atoms with Gasteiger partial charge in [-0.2, -0.15) is 5.10 Å².